The minimum atomic E-state index is -4.22. The number of ether oxygens (including phenoxy) is 2. The van der Waals surface area contributed by atoms with Crippen LogP contribution in [0.1, 0.15) is 47.0 Å². The maximum Gasteiger partial charge on any atom is 0.410 e. The molecule has 21 heavy (non-hydrogen) atoms. The van der Waals surface area contributed by atoms with Crippen molar-refractivity contribution in [2.24, 2.45) is 0 Å². The average Bonchev–Trinajstić information content (AvgIpc) is 2.70. The molecule has 1 atom stereocenters. The molecule has 1 heterocycles. The first-order chi connectivity index (χ1) is 9.46. The highest BCUT2D eigenvalue weighted by molar-refractivity contribution is 5.68. The Bertz CT molecular complexity index is 365. The molecule has 0 spiro atoms. The van der Waals surface area contributed by atoms with Crippen LogP contribution in [0.25, 0.3) is 0 Å². The lowest BCUT2D eigenvalue weighted by Crippen LogP contribution is -2.40. The van der Waals surface area contributed by atoms with Gasteiger partial charge in [-0.05, 0) is 33.6 Å². The molecule has 1 unspecified atom stereocenters. The molecular weight excluding hydrogens is 287 g/mol. The van der Waals surface area contributed by atoms with Gasteiger partial charge in [-0.25, -0.2) is 4.79 Å². The summed E-state index contributed by atoms with van der Waals surface area (Å²) in [6.45, 7) is 7.51. The number of hydrogen-bond acceptors (Lipinski definition) is 3. The van der Waals surface area contributed by atoms with E-state index in [-0.39, 0.29) is 13.2 Å². The van der Waals surface area contributed by atoms with Crippen molar-refractivity contribution in [3.63, 3.8) is 0 Å². The highest BCUT2D eigenvalue weighted by atomic mass is 19.4. The first-order valence-electron chi connectivity index (χ1n) is 7.15. The zero-order valence-electron chi connectivity index (χ0n) is 13.0. The molecular formula is C14H24F3NO3. The molecule has 1 aliphatic heterocycles. The quantitative estimate of drug-likeness (QED) is 0.794. The summed E-state index contributed by atoms with van der Waals surface area (Å²) in [6.07, 6.45) is -4.55. The summed E-state index contributed by atoms with van der Waals surface area (Å²) in [7, 11) is 0. The van der Waals surface area contributed by atoms with E-state index in [1.807, 2.05) is 6.92 Å². The zero-order chi connectivity index (χ0) is 16.3. The third-order valence-electron chi connectivity index (χ3n) is 3.41. The molecule has 124 valence electrons. The van der Waals surface area contributed by atoms with Crippen LogP contribution in [0, 0.1) is 0 Å². The Kier molecular flexibility index (Phi) is 5.52. The minimum Gasteiger partial charge on any atom is -0.444 e. The van der Waals surface area contributed by atoms with E-state index in [1.54, 1.807) is 20.8 Å². The fourth-order valence-electron chi connectivity index (χ4n) is 2.22. The maximum absolute atomic E-state index is 12.2. The Morgan fingerprint density at radius 3 is 2.38 bits per heavy atom. The van der Waals surface area contributed by atoms with Crippen LogP contribution in [0.15, 0.2) is 0 Å². The molecule has 1 aliphatic rings. The molecule has 0 N–H and O–H groups in total. The van der Waals surface area contributed by atoms with E-state index in [0.717, 1.165) is 0 Å². The molecule has 0 aromatic carbocycles. The second-order valence-electron chi connectivity index (χ2n) is 6.40. The Balaban J connectivity index is 2.53. The van der Waals surface area contributed by atoms with E-state index in [1.165, 1.54) is 4.90 Å². The number of hydrogen-bond donors (Lipinski definition) is 0. The van der Waals surface area contributed by atoms with E-state index in [0.29, 0.717) is 19.4 Å². The Hall–Kier alpha value is -0.980. The van der Waals surface area contributed by atoms with Crippen molar-refractivity contribution >= 4 is 6.09 Å². The first-order valence-corrected chi connectivity index (χ1v) is 7.15. The second kappa shape index (κ2) is 6.42. The van der Waals surface area contributed by atoms with E-state index in [2.05, 4.69) is 0 Å². The van der Waals surface area contributed by atoms with Gasteiger partial charge in [0.1, 0.15) is 5.60 Å². The number of alkyl halides is 3. The van der Waals surface area contributed by atoms with Gasteiger partial charge in [0.15, 0.2) is 0 Å². The molecule has 0 radical (unpaired) electrons. The van der Waals surface area contributed by atoms with Gasteiger partial charge in [-0.2, -0.15) is 13.2 Å². The van der Waals surface area contributed by atoms with Crippen molar-refractivity contribution in [2.75, 3.05) is 19.7 Å². The average molecular weight is 311 g/mol. The number of likely N-dealkylation sites (tertiary alicyclic amines) is 1. The number of carbonyl (C=O) groups excluding carboxylic acids is 1. The van der Waals surface area contributed by atoms with Crippen LogP contribution in [0.2, 0.25) is 0 Å². The first kappa shape index (κ1) is 18.1. The Labute approximate surface area is 123 Å². The van der Waals surface area contributed by atoms with E-state index in [4.69, 9.17) is 9.47 Å². The lowest BCUT2D eigenvalue weighted by Gasteiger charge is -2.29. The number of amides is 1. The summed E-state index contributed by atoms with van der Waals surface area (Å²) in [6, 6.07) is 0. The van der Waals surface area contributed by atoms with Gasteiger partial charge in [0, 0.05) is 6.54 Å². The van der Waals surface area contributed by atoms with Crippen LogP contribution in [-0.4, -0.2) is 48.1 Å². The number of rotatable bonds is 4. The van der Waals surface area contributed by atoms with Gasteiger partial charge in [0.05, 0.1) is 25.2 Å². The standard InChI is InChI=1S/C14H24F3NO3/c1-5-13(20-9-7-14(15,16)17)6-8-18(10-13)11(19)21-12(2,3)4/h5-10H2,1-4H3. The molecule has 0 bridgehead atoms. The normalized spacial score (nSPS) is 23.5. The Morgan fingerprint density at radius 2 is 1.90 bits per heavy atom. The van der Waals surface area contributed by atoms with Crippen LogP contribution < -0.4 is 0 Å². The molecule has 1 rings (SSSR count). The highest BCUT2D eigenvalue weighted by Gasteiger charge is 2.41. The van der Waals surface area contributed by atoms with Gasteiger partial charge in [0.25, 0.3) is 0 Å². The zero-order valence-corrected chi connectivity index (χ0v) is 13.0. The van der Waals surface area contributed by atoms with Gasteiger partial charge in [0.2, 0.25) is 0 Å². The number of carbonyl (C=O) groups is 1. The summed E-state index contributed by atoms with van der Waals surface area (Å²) in [5.41, 5.74) is -1.28. The van der Waals surface area contributed by atoms with Crippen LogP contribution in [-0.2, 0) is 9.47 Å². The van der Waals surface area contributed by atoms with Crippen molar-refractivity contribution < 1.29 is 27.4 Å². The fourth-order valence-corrected chi connectivity index (χ4v) is 2.22. The van der Waals surface area contributed by atoms with Crippen molar-refractivity contribution in [3.05, 3.63) is 0 Å². The van der Waals surface area contributed by atoms with Crippen molar-refractivity contribution in [1.29, 1.82) is 0 Å². The summed E-state index contributed by atoms with van der Waals surface area (Å²) in [5.74, 6) is 0. The number of halogens is 3. The number of nitrogens with zero attached hydrogens (tertiary/aromatic N) is 1. The minimum absolute atomic E-state index is 0.274. The van der Waals surface area contributed by atoms with E-state index < -0.39 is 29.9 Å². The lowest BCUT2D eigenvalue weighted by molar-refractivity contribution is -0.157. The van der Waals surface area contributed by atoms with Crippen LogP contribution in [0.3, 0.4) is 0 Å². The highest BCUT2D eigenvalue weighted by Crippen LogP contribution is 2.31. The van der Waals surface area contributed by atoms with Gasteiger partial charge >= 0.3 is 12.3 Å². The summed E-state index contributed by atoms with van der Waals surface area (Å²) >= 11 is 0. The van der Waals surface area contributed by atoms with Crippen molar-refractivity contribution in [3.8, 4) is 0 Å². The Morgan fingerprint density at radius 1 is 1.29 bits per heavy atom. The molecule has 1 saturated heterocycles. The third-order valence-corrected chi connectivity index (χ3v) is 3.41. The smallest absolute Gasteiger partial charge is 0.410 e. The topological polar surface area (TPSA) is 38.8 Å². The molecule has 0 aromatic rings. The van der Waals surface area contributed by atoms with E-state index in [9.17, 15) is 18.0 Å². The molecule has 7 heteroatoms. The van der Waals surface area contributed by atoms with Gasteiger partial charge < -0.3 is 14.4 Å². The van der Waals surface area contributed by atoms with Crippen LogP contribution >= 0.6 is 0 Å². The predicted octanol–water partition coefficient (Wildman–Crippen LogP) is 3.75. The molecule has 1 fully saturated rings. The SMILES string of the molecule is CCC1(OCCC(F)(F)F)CCN(C(=O)OC(C)(C)C)C1. The maximum atomic E-state index is 12.2. The monoisotopic (exact) mass is 311 g/mol. The molecule has 4 nitrogen and oxygen atoms in total. The van der Waals surface area contributed by atoms with Gasteiger partial charge in [-0.1, -0.05) is 6.92 Å². The largest absolute Gasteiger partial charge is 0.444 e. The predicted molar refractivity (Wildman–Crippen MR) is 72.1 cm³/mol. The molecule has 0 saturated carbocycles. The summed E-state index contributed by atoms with van der Waals surface area (Å²) in [4.78, 5) is 13.5. The summed E-state index contributed by atoms with van der Waals surface area (Å²) < 4.78 is 47.3. The lowest BCUT2D eigenvalue weighted by atomic mass is 10.00. The van der Waals surface area contributed by atoms with Crippen molar-refractivity contribution in [2.45, 2.75) is 64.3 Å². The molecule has 0 aliphatic carbocycles. The summed E-state index contributed by atoms with van der Waals surface area (Å²) in [5, 5.41) is 0. The molecule has 0 aromatic heterocycles. The van der Waals surface area contributed by atoms with E-state index >= 15 is 0 Å². The second-order valence-corrected chi connectivity index (χ2v) is 6.40. The van der Waals surface area contributed by atoms with Crippen LogP contribution in [0.4, 0.5) is 18.0 Å². The molecule has 1 amide bonds. The fraction of sp³-hybridized carbons (Fsp3) is 0.929. The third kappa shape index (κ3) is 6.11. The van der Waals surface area contributed by atoms with Crippen LogP contribution in [0.5, 0.6) is 0 Å². The van der Waals surface area contributed by atoms with Gasteiger partial charge in [-0.3, -0.25) is 0 Å². The van der Waals surface area contributed by atoms with Crippen molar-refractivity contribution in [1.82, 2.24) is 4.90 Å². The van der Waals surface area contributed by atoms with Gasteiger partial charge in [-0.15, -0.1) is 0 Å².